The van der Waals surface area contributed by atoms with E-state index in [0.29, 0.717) is 11.3 Å². The number of thioether (sulfide) groups is 1. The molecule has 0 saturated carbocycles. The number of imidazole rings is 1. The van der Waals surface area contributed by atoms with Crippen molar-refractivity contribution in [3.8, 4) is 0 Å². The first-order valence-electron chi connectivity index (χ1n) is 8.07. The van der Waals surface area contributed by atoms with Crippen LogP contribution in [-0.4, -0.2) is 38.1 Å². The van der Waals surface area contributed by atoms with E-state index in [1.165, 1.54) is 0 Å². The van der Waals surface area contributed by atoms with E-state index in [1.54, 1.807) is 18.7 Å². The number of H-pyrrole nitrogens is 3. The van der Waals surface area contributed by atoms with Crippen LogP contribution in [0, 0.1) is 6.92 Å². The maximum absolute atomic E-state index is 12.5. The molecule has 0 aliphatic heterocycles. The molecule has 0 unspecified atom stereocenters. The number of benzene rings is 1. The zero-order valence-electron chi connectivity index (χ0n) is 14.2. The molecule has 1 atom stereocenters. The second-order valence-electron chi connectivity index (χ2n) is 5.90. The standard InChI is InChI=1S/C17H21N5O2S/c1-10-11(17(24)22-21-10)9-15(23)18-14(7-8-25-2)16-19-12-5-3-4-6-13(12)20-16/h3-6,14H,7-9H2,1-2H3,(H,18,23)(H,19,20)(H2,21,22,24)/t14-/m0/s1. The first kappa shape index (κ1) is 17.3. The van der Waals surface area contributed by atoms with Gasteiger partial charge < -0.3 is 15.4 Å². The maximum Gasteiger partial charge on any atom is 0.267 e. The van der Waals surface area contributed by atoms with Crippen LogP contribution in [0.4, 0.5) is 0 Å². The van der Waals surface area contributed by atoms with E-state index in [2.05, 4.69) is 25.5 Å². The molecule has 8 heteroatoms. The van der Waals surface area contributed by atoms with Crippen molar-refractivity contribution in [1.82, 2.24) is 25.5 Å². The van der Waals surface area contributed by atoms with E-state index in [9.17, 15) is 9.59 Å². The minimum absolute atomic E-state index is 0.0423. The molecule has 3 rings (SSSR count). The van der Waals surface area contributed by atoms with Gasteiger partial charge in [0.05, 0.1) is 23.5 Å². The zero-order chi connectivity index (χ0) is 17.8. The number of carbonyl (C=O) groups excluding carboxylic acids is 1. The fourth-order valence-electron chi connectivity index (χ4n) is 2.74. The Bertz CT molecular complexity index is 893. The van der Waals surface area contributed by atoms with E-state index in [1.807, 2.05) is 30.5 Å². The molecule has 0 bridgehead atoms. The number of nitrogens with zero attached hydrogens (tertiary/aromatic N) is 1. The van der Waals surface area contributed by atoms with E-state index in [4.69, 9.17) is 0 Å². The topological polar surface area (TPSA) is 106 Å². The summed E-state index contributed by atoms with van der Waals surface area (Å²) < 4.78 is 0. The maximum atomic E-state index is 12.5. The van der Waals surface area contributed by atoms with Crippen molar-refractivity contribution in [2.45, 2.75) is 25.8 Å². The number of rotatable bonds is 7. The first-order chi connectivity index (χ1) is 12.1. The number of para-hydroxylation sites is 2. The Morgan fingerprint density at radius 3 is 2.80 bits per heavy atom. The Kier molecular flexibility index (Phi) is 5.28. The molecule has 2 heterocycles. The number of hydrogen-bond donors (Lipinski definition) is 4. The largest absolute Gasteiger partial charge is 0.346 e. The third-order valence-electron chi connectivity index (χ3n) is 4.11. The van der Waals surface area contributed by atoms with Gasteiger partial charge in [-0.25, -0.2) is 4.98 Å². The molecule has 0 aliphatic rings. The molecule has 0 aliphatic carbocycles. The summed E-state index contributed by atoms with van der Waals surface area (Å²) in [7, 11) is 0. The van der Waals surface area contributed by atoms with E-state index < -0.39 is 0 Å². The van der Waals surface area contributed by atoms with Crippen molar-refractivity contribution in [1.29, 1.82) is 0 Å². The zero-order valence-corrected chi connectivity index (χ0v) is 15.0. The molecule has 1 amide bonds. The molecule has 3 aromatic rings. The molecule has 132 valence electrons. The number of aryl methyl sites for hydroxylation is 1. The highest BCUT2D eigenvalue weighted by atomic mass is 32.2. The second kappa shape index (κ2) is 7.60. The van der Waals surface area contributed by atoms with Gasteiger partial charge in [0, 0.05) is 11.3 Å². The third kappa shape index (κ3) is 3.96. The summed E-state index contributed by atoms with van der Waals surface area (Å²) in [6, 6.07) is 7.56. The van der Waals surface area contributed by atoms with Crippen LogP contribution in [0.5, 0.6) is 0 Å². The summed E-state index contributed by atoms with van der Waals surface area (Å²) in [5.74, 6) is 1.44. The Labute approximate surface area is 149 Å². The molecule has 0 radical (unpaired) electrons. The fourth-order valence-corrected chi connectivity index (χ4v) is 3.21. The lowest BCUT2D eigenvalue weighted by Crippen LogP contribution is -2.32. The van der Waals surface area contributed by atoms with Crippen LogP contribution in [-0.2, 0) is 11.2 Å². The van der Waals surface area contributed by atoms with Gasteiger partial charge in [0.1, 0.15) is 5.82 Å². The van der Waals surface area contributed by atoms with Crippen molar-refractivity contribution < 1.29 is 4.79 Å². The number of aromatic amines is 3. The predicted molar refractivity (Wildman–Crippen MR) is 99.8 cm³/mol. The van der Waals surface area contributed by atoms with Gasteiger partial charge in [-0.1, -0.05) is 12.1 Å². The average Bonchev–Trinajstić information content (AvgIpc) is 3.17. The Hall–Kier alpha value is -2.48. The minimum Gasteiger partial charge on any atom is -0.346 e. The highest BCUT2D eigenvalue weighted by Crippen LogP contribution is 2.20. The number of carbonyl (C=O) groups is 1. The van der Waals surface area contributed by atoms with Crippen LogP contribution in [0.3, 0.4) is 0 Å². The SMILES string of the molecule is CSCC[C@H](NC(=O)Cc1c(C)[nH][nH]c1=O)c1nc2ccccc2[nH]1. The van der Waals surface area contributed by atoms with Crippen LogP contribution in [0.2, 0.25) is 0 Å². The van der Waals surface area contributed by atoms with Crippen LogP contribution in [0.25, 0.3) is 11.0 Å². The van der Waals surface area contributed by atoms with E-state index >= 15 is 0 Å². The normalized spacial score (nSPS) is 12.4. The molecule has 0 fully saturated rings. The molecule has 2 aromatic heterocycles. The van der Waals surface area contributed by atoms with Crippen molar-refractivity contribution >= 4 is 28.7 Å². The van der Waals surface area contributed by atoms with Gasteiger partial charge in [0.15, 0.2) is 0 Å². The smallest absolute Gasteiger partial charge is 0.267 e. The fraction of sp³-hybridized carbons (Fsp3) is 0.353. The van der Waals surface area contributed by atoms with E-state index in [0.717, 1.165) is 29.0 Å². The van der Waals surface area contributed by atoms with Crippen molar-refractivity contribution in [3.05, 3.63) is 51.7 Å². The van der Waals surface area contributed by atoms with Crippen molar-refractivity contribution in [2.75, 3.05) is 12.0 Å². The van der Waals surface area contributed by atoms with Crippen LogP contribution >= 0.6 is 11.8 Å². The van der Waals surface area contributed by atoms with Gasteiger partial charge in [-0.15, -0.1) is 0 Å². The molecule has 0 spiro atoms. The lowest BCUT2D eigenvalue weighted by Gasteiger charge is -2.16. The predicted octanol–water partition coefficient (Wildman–Crippen LogP) is 2.04. The highest BCUT2D eigenvalue weighted by molar-refractivity contribution is 7.98. The lowest BCUT2D eigenvalue weighted by atomic mass is 10.1. The van der Waals surface area contributed by atoms with Gasteiger partial charge in [-0.05, 0) is 37.5 Å². The van der Waals surface area contributed by atoms with Gasteiger partial charge in [0.2, 0.25) is 5.91 Å². The molecular formula is C17H21N5O2S. The monoisotopic (exact) mass is 359 g/mol. The Balaban J connectivity index is 1.78. The summed E-state index contributed by atoms with van der Waals surface area (Å²) in [5.41, 5.74) is 2.71. The lowest BCUT2D eigenvalue weighted by molar-refractivity contribution is -0.121. The quantitative estimate of drug-likeness (QED) is 0.518. The van der Waals surface area contributed by atoms with Crippen LogP contribution < -0.4 is 10.9 Å². The molecule has 25 heavy (non-hydrogen) atoms. The number of aromatic nitrogens is 4. The first-order valence-corrected chi connectivity index (χ1v) is 9.47. The summed E-state index contributed by atoms with van der Waals surface area (Å²) in [4.78, 5) is 32.1. The number of fused-ring (bicyclic) bond motifs is 1. The van der Waals surface area contributed by atoms with Crippen LogP contribution in [0.1, 0.15) is 29.5 Å². The third-order valence-corrected chi connectivity index (χ3v) is 4.76. The van der Waals surface area contributed by atoms with Gasteiger partial charge in [-0.3, -0.25) is 14.7 Å². The minimum atomic E-state index is -0.253. The van der Waals surface area contributed by atoms with Crippen molar-refractivity contribution in [3.63, 3.8) is 0 Å². The second-order valence-corrected chi connectivity index (χ2v) is 6.89. The summed E-state index contributed by atoms with van der Waals surface area (Å²) in [6.07, 6.45) is 2.83. The Morgan fingerprint density at radius 1 is 1.32 bits per heavy atom. The summed E-state index contributed by atoms with van der Waals surface area (Å²) in [6.45, 7) is 1.77. The molecule has 1 aromatic carbocycles. The number of nitrogens with one attached hydrogen (secondary N) is 4. The van der Waals surface area contributed by atoms with E-state index in [-0.39, 0.29) is 23.9 Å². The molecular weight excluding hydrogens is 338 g/mol. The molecule has 7 nitrogen and oxygen atoms in total. The van der Waals surface area contributed by atoms with Gasteiger partial charge >= 0.3 is 0 Å². The van der Waals surface area contributed by atoms with Crippen LogP contribution in [0.15, 0.2) is 29.1 Å². The summed E-state index contributed by atoms with van der Waals surface area (Å²) >= 11 is 1.72. The Morgan fingerprint density at radius 2 is 2.12 bits per heavy atom. The summed E-state index contributed by atoms with van der Waals surface area (Å²) in [5, 5.41) is 8.25. The molecule has 0 saturated heterocycles. The number of hydrogen-bond acceptors (Lipinski definition) is 4. The van der Waals surface area contributed by atoms with Gasteiger partial charge in [0.25, 0.3) is 5.56 Å². The van der Waals surface area contributed by atoms with Gasteiger partial charge in [-0.2, -0.15) is 11.8 Å². The van der Waals surface area contributed by atoms with Crippen molar-refractivity contribution in [2.24, 2.45) is 0 Å². The molecule has 4 N–H and O–H groups in total. The number of amides is 1. The average molecular weight is 359 g/mol. The highest BCUT2D eigenvalue weighted by Gasteiger charge is 2.20.